The maximum Gasteiger partial charge on any atom is 0.271 e. The molecule has 3 aromatic rings. The SMILES string of the molecule is O=C(NCC1CC1)c1cc2nc(N3C=CC(c4ccccc4)N3)cc(N3CCOCC3)n2n1. The van der Waals surface area contributed by atoms with E-state index in [1.54, 1.807) is 10.6 Å². The van der Waals surface area contributed by atoms with Gasteiger partial charge < -0.3 is 15.0 Å². The number of aromatic nitrogens is 3. The standard InChI is InChI=1S/C24H27N7O2/c32-24(25-16-17-6-7-17)20-14-22-26-21(15-23(31(22)28-20)29-10-12-33-13-11-29)30-9-8-19(27-30)18-4-2-1-3-5-18/h1-5,8-9,14-15,17,19,27H,6-7,10-13,16H2,(H,25,32). The van der Waals surface area contributed by atoms with E-state index in [0.717, 1.165) is 24.7 Å². The second-order valence-electron chi connectivity index (χ2n) is 8.75. The molecular formula is C24H27N7O2. The van der Waals surface area contributed by atoms with Gasteiger partial charge in [-0.1, -0.05) is 30.3 Å². The number of hydrogen-bond acceptors (Lipinski definition) is 7. The fraction of sp³-hybridized carbons (Fsp3) is 0.375. The zero-order valence-corrected chi connectivity index (χ0v) is 18.4. The summed E-state index contributed by atoms with van der Waals surface area (Å²) < 4.78 is 7.32. The van der Waals surface area contributed by atoms with E-state index < -0.39 is 0 Å². The lowest BCUT2D eigenvalue weighted by Crippen LogP contribution is -2.38. The molecule has 6 rings (SSSR count). The van der Waals surface area contributed by atoms with Crippen LogP contribution in [0.25, 0.3) is 5.65 Å². The highest BCUT2D eigenvalue weighted by Crippen LogP contribution is 2.29. The molecule has 9 heteroatoms. The van der Waals surface area contributed by atoms with Gasteiger partial charge in [-0.15, -0.1) is 0 Å². The summed E-state index contributed by atoms with van der Waals surface area (Å²) >= 11 is 0. The highest BCUT2D eigenvalue weighted by molar-refractivity contribution is 5.93. The average Bonchev–Trinajstić information content (AvgIpc) is 3.38. The fourth-order valence-corrected chi connectivity index (χ4v) is 4.24. The van der Waals surface area contributed by atoms with E-state index in [2.05, 4.69) is 38.9 Å². The van der Waals surface area contributed by atoms with Crippen LogP contribution in [0.3, 0.4) is 0 Å². The molecule has 9 nitrogen and oxygen atoms in total. The number of morpholine rings is 1. The topological polar surface area (TPSA) is 87.0 Å². The van der Waals surface area contributed by atoms with Crippen molar-refractivity contribution in [2.45, 2.75) is 18.9 Å². The van der Waals surface area contributed by atoms with Gasteiger partial charge in [0.25, 0.3) is 5.91 Å². The van der Waals surface area contributed by atoms with Gasteiger partial charge in [0.1, 0.15) is 5.82 Å². The third-order valence-corrected chi connectivity index (χ3v) is 6.32. The number of anilines is 2. The number of nitrogens with zero attached hydrogens (tertiary/aromatic N) is 5. The van der Waals surface area contributed by atoms with Crippen LogP contribution >= 0.6 is 0 Å². The Kier molecular flexibility index (Phi) is 5.20. The van der Waals surface area contributed by atoms with Crippen molar-refractivity contribution in [1.82, 2.24) is 25.3 Å². The molecule has 0 radical (unpaired) electrons. The van der Waals surface area contributed by atoms with Crippen molar-refractivity contribution in [1.29, 1.82) is 0 Å². The monoisotopic (exact) mass is 445 g/mol. The smallest absolute Gasteiger partial charge is 0.271 e. The molecule has 1 amide bonds. The van der Waals surface area contributed by atoms with Gasteiger partial charge in [0.2, 0.25) is 0 Å². The summed E-state index contributed by atoms with van der Waals surface area (Å²) in [5, 5.41) is 9.56. The zero-order valence-electron chi connectivity index (χ0n) is 18.4. The Bertz CT molecular complexity index is 1180. The number of fused-ring (bicyclic) bond motifs is 1. The summed E-state index contributed by atoms with van der Waals surface area (Å²) in [5.74, 6) is 2.12. The molecule has 33 heavy (non-hydrogen) atoms. The quantitative estimate of drug-likeness (QED) is 0.602. The number of benzene rings is 1. The minimum Gasteiger partial charge on any atom is -0.378 e. The van der Waals surface area contributed by atoms with Crippen molar-refractivity contribution in [2.24, 2.45) is 5.92 Å². The van der Waals surface area contributed by atoms with E-state index in [9.17, 15) is 4.79 Å². The highest BCUT2D eigenvalue weighted by atomic mass is 16.5. The molecule has 1 unspecified atom stereocenters. The third kappa shape index (κ3) is 4.17. The molecule has 1 atom stereocenters. The van der Waals surface area contributed by atoms with E-state index in [-0.39, 0.29) is 11.9 Å². The predicted octanol–water partition coefficient (Wildman–Crippen LogP) is 2.29. The molecule has 2 aliphatic heterocycles. The largest absolute Gasteiger partial charge is 0.378 e. The Labute approximate surface area is 192 Å². The van der Waals surface area contributed by atoms with Gasteiger partial charge in [-0.05, 0) is 30.4 Å². The van der Waals surface area contributed by atoms with E-state index in [4.69, 9.17) is 9.72 Å². The van der Waals surface area contributed by atoms with Crippen molar-refractivity contribution >= 4 is 23.2 Å². The van der Waals surface area contributed by atoms with Crippen LogP contribution in [0.2, 0.25) is 0 Å². The van der Waals surface area contributed by atoms with E-state index in [1.165, 1.54) is 18.4 Å². The molecule has 3 aliphatic rings. The number of hydrazine groups is 1. The number of nitrogens with one attached hydrogen (secondary N) is 2. The number of ether oxygens (including phenoxy) is 1. The summed E-state index contributed by atoms with van der Waals surface area (Å²) in [6.45, 7) is 3.56. The minimum atomic E-state index is -0.148. The summed E-state index contributed by atoms with van der Waals surface area (Å²) in [6.07, 6.45) is 6.50. The Morgan fingerprint density at radius 1 is 1.15 bits per heavy atom. The Balaban J connectivity index is 1.32. The molecule has 0 bridgehead atoms. The lowest BCUT2D eigenvalue weighted by atomic mass is 10.1. The molecule has 2 N–H and O–H groups in total. The van der Waals surface area contributed by atoms with Crippen molar-refractivity contribution in [3.8, 4) is 0 Å². The summed E-state index contributed by atoms with van der Waals surface area (Å²) in [6, 6.07) is 14.2. The van der Waals surface area contributed by atoms with Crippen LogP contribution in [-0.4, -0.2) is 53.4 Å². The maximum atomic E-state index is 12.7. The molecular weight excluding hydrogens is 418 g/mol. The second kappa shape index (κ2) is 8.49. The van der Waals surface area contributed by atoms with Gasteiger partial charge in [0.05, 0.1) is 19.3 Å². The summed E-state index contributed by atoms with van der Waals surface area (Å²) in [4.78, 5) is 19.8. The molecule has 1 aliphatic carbocycles. The van der Waals surface area contributed by atoms with Crippen molar-refractivity contribution in [2.75, 3.05) is 42.8 Å². The predicted molar refractivity (Wildman–Crippen MR) is 125 cm³/mol. The first-order valence-electron chi connectivity index (χ1n) is 11.5. The number of carbonyl (C=O) groups excluding carboxylic acids is 1. The lowest BCUT2D eigenvalue weighted by molar-refractivity contribution is 0.0946. The zero-order chi connectivity index (χ0) is 22.2. The van der Waals surface area contributed by atoms with Crippen molar-refractivity contribution < 1.29 is 9.53 Å². The summed E-state index contributed by atoms with van der Waals surface area (Å²) in [5.41, 5.74) is 5.71. The normalized spacial score (nSPS) is 20.5. The molecule has 0 spiro atoms. The molecule has 1 saturated carbocycles. The molecule has 1 aromatic carbocycles. The highest BCUT2D eigenvalue weighted by Gasteiger charge is 2.25. The van der Waals surface area contributed by atoms with Crippen LogP contribution in [0.1, 0.15) is 34.9 Å². The molecule has 2 fully saturated rings. The third-order valence-electron chi connectivity index (χ3n) is 6.32. The first-order valence-corrected chi connectivity index (χ1v) is 11.5. The second-order valence-corrected chi connectivity index (χ2v) is 8.75. The Morgan fingerprint density at radius 2 is 1.97 bits per heavy atom. The Hall–Kier alpha value is -3.43. The number of amides is 1. The molecule has 4 heterocycles. The van der Waals surface area contributed by atoms with Gasteiger partial charge in [-0.2, -0.15) is 9.61 Å². The van der Waals surface area contributed by atoms with Gasteiger partial charge in [0, 0.05) is 38.0 Å². The average molecular weight is 446 g/mol. The molecule has 1 saturated heterocycles. The van der Waals surface area contributed by atoms with Crippen LogP contribution in [0, 0.1) is 5.92 Å². The van der Waals surface area contributed by atoms with E-state index >= 15 is 0 Å². The van der Waals surface area contributed by atoms with Crippen LogP contribution in [-0.2, 0) is 4.74 Å². The van der Waals surface area contributed by atoms with Gasteiger partial charge in [-0.3, -0.25) is 9.80 Å². The van der Waals surface area contributed by atoms with Crippen LogP contribution < -0.4 is 20.7 Å². The van der Waals surface area contributed by atoms with Crippen LogP contribution in [0.4, 0.5) is 11.6 Å². The molecule has 2 aromatic heterocycles. The first-order chi connectivity index (χ1) is 16.2. The number of carbonyl (C=O) groups is 1. The van der Waals surface area contributed by atoms with E-state index in [1.807, 2.05) is 35.5 Å². The van der Waals surface area contributed by atoms with Crippen LogP contribution in [0.15, 0.2) is 54.7 Å². The van der Waals surface area contributed by atoms with E-state index in [0.29, 0.717) is 37.0 Å². The number of rotatable bonds is 6. The Morgan fingerprint density at radius 3 is 2.76 bits per heavy atom. The van der Waals surface area contributed by atoms with Gasteiger partial charge in [-0.25, -0.2) is 10.4 Å². The first kappa shape index (κ1) is 20.2. The maximum absolute atomic E-state index is 12.7. The van der Waals surface area contributed by atoms with Gasteiger partial charge in [0.15, 0.2) is 17.2 Å². The van der Waals surface area contributed by atoms with Gasteiger partial charge >= 0.3 is 0 Å². The molecule has 170 valence electrons. The minimum absolute atomic E-state index is 0.0738. The fourth-order valence-electron chi connectivity index (χ4n) is 4.24. The number of hydrogen-bond donors (Lipinski definition) is 2. The van der Waals surface area contributed by atoms with Crippen LogP contribution in [0.5, 0.6) is 0 Å². The van der Waals surface area contributed by atoms with Crippen molar-refractivity contribution in [3.05, 3.63) is 66.0 Å². The lowest BCUT2D eigenvalue weighted by Gasteiger charge is -2.29. The van der Waals surface area contributed by atoms with Crippen molar-refractivity contribution in [3.63, 3.8) is 0 Å². The summed E-state index contributed by atoms with van der Waals surface area (Å²) in [7, 11) is 0.